The molecule has 0 aliphatic carbocycles. The average Bonchev–Trinajstić information content (AvgIpc) is 2.86. The Morgan fingerprint density at radius 1 is 0.688 bits per heavy atom. The van der Waals surface area contributed by atoms with Gasteiger partial charge in [0.1, 0.15) is 15.9 Å². The van der Waals surface area contributed by atoms with Gasteiger partial charge in [0.15, 0.2) is 12.7 Å². The molecule has 0 spiro atoms. The van der Waals surface area contributed by atoms with Crippen LogP contribution in [-0.2, 0) is 12.6 Å². The normalized spacial score (nSPS) is 11.7. The van der Waals surface area contributed by atoms with E-state index in [1.165, 1.54) is 0 Å². The van der Waals surface area contributed by atoms with Crippen molar-refractivity contribution in [1.29, 1.82) is 0 Å². The summed E-state index contributed by atoms with van der Waals surface area (Å²) in [7, 11) is -2.45. The minimum atomic E-state index is -2.45. The minimum absolute atomic E-state index is 0.218. The van der Waals surface area contributed by atoms with E-state index in [0.29, 0.717) is 10.6 Å². The first-order valence-corrected chi connectivity index (χ1v) is 12.8. The van der Waals surface area contributed by atoms with Crippen molar-refractivity contribution in [3.05, 3.63) is 137 Å². The molecule has 0 fully saturated rings. The Morgan fingerprint density at radius 3 is 1.47 bits per heavy atom. The first kappa shape index (κ1) is 22.2. The van der Waals surface area contributed by atoms with E-state index in [9.17, 15) is 4.79 Å². The van der Waals surface area contributed by atoms with E-state index in [0.717, 1.165) is 21.4 Å². The molecule has 0 heterocycles. The van der Waals surface area contributed by atoms with Crippen molar-refractivity contribution in [2.45, 2.75) is 0 Å². The van der Waals surface area contributed by atoms with Crippen LogP contribution in [0.1, 0.15) is 10.4 Å². The number of amides is 1. The Hall–Kier alpha value is -2.97. The molecule has 4 aromatic carbocycles. The lowest BCUT2D eigenvalue weighted by molar-refractivity contribution is 0.0968. The lowest BCUT2D eigenvalue weighted by atomic mass is 10.2. The molecule has 0 aromatic heterocycles. The van der Waals surface area contributed by atoms with Crippen molar-refractivity contribution < 1.29 is 4.79 Å². The van der Waals surface area contributed by atoms with Gasteiger partial charge in [0.2, 0.25) is 0 Å². The number of carbonyl (C=O) groups is 1. The minimum Gasteiger partial charge on any atom is -0.782 e. The Balaban J connectivity index is 1.93. The van der Waals surface area contributed by atoms with Gasteiger partial charge in [-0.15, -0.1) is 0 Å². The lowest BCUT2D eigenvalue weighted by Gasteiger charge is -2.30. The number of carbonyl (C=O) groups excluding carboxylic acids is 1. The van der Waals surface area contributed by atoms with Crippen molar-refractivity contribution in [3.8, 4) is 0 Å². The van der Waals surface area contributed by atoms with E-state index in [2.05, 4.69) is 41.7 Å². The van der Waals surface area contributed by atoms with Gasteiger partial charge >= 0.3 is 0 Å². The molecule has 158 valence electrons. The highest BCUT2D eigenvalue weighted by atomic mass is 35.5. The molecule has 0 aliphatic rings. The molecular formula is C27H21ClNOPS. The van der Waals surface area contributed by atoms with E-state index in [1.807, 2.05) is 54.6 Å². The third kappa shape index (κ3) is 4.33. The summed E-state index contributed by atoms with van der Waals surface area (Å²) in [6.07, 6.45) is 0. The van der Waals surface area contributed by atoms with E-state index < -0.39 is 7.26 Å². The van der Waals surface area contributed by atoms with Crippen molar-refractivity contribution in [2.75, 3.05) is 0 Å². The van der Waals surface area contributed by atoms with Gasteiger partial charge in [0.05, 0.1) is 0 Å². The fourth-order valence-corrected chi connectivity index (χ4v) is 8.47. The molecule has 4 rings (SSSR count). The topological polar surface area (TPSA) is 29.1 Å². The number of hydrogen-bond donors (Lipinski definition) is 1. The van der Waals surface area contributed by atoms with Crippen molar-refractivity contribution in [1.82, 2.24) is 5.32 Å². The summed E-state index contributed by atoms with van der Waals surface area (Å²) in [5.41, 5.74) is 1.24. The van der Waals surface area contributed by atoms with Crippen LogP contribution >= 0.6 is 18.9 Å². The van der Waals surface area contributed by atoms with E-state index in [-0.39, 0.29) is 5.91 Å². The maximum Gasteiger partial charge on any atom is 0.258 e. The molecule has 1 N–H and O–H groups in total. The Kier molecular flexibility index (Phi) is 7.02. The summed E-state index contributed by atoms with van der Waals surface area (Å²) in [5, 5.41) is 8.71. The Bertz CT molecular complexity index is 1120. The number of nitrogens with one attached hydrogen (secondary N) is 1. The van der Waals surface area contributed by atoms with Crippen molar-refractivity contribution in [2.24, 2.45) is 0 Å². The summed E-state index contributed by atoms with van der Waals surface area (Å²) in [6.45, 7) is 0. The smallest absolute Gasteiger partial charge is 0.258 e. The largest absolute Gasteiger partial charge is 0.782 e. The quantitative estimate of drug-likeness (QED) is 0.300. The first-order valence-electron chi connectivity index (χ1n) is 10.1. The van der Waals surface area contributed by atoms with Crippen LogP contribution in [0.2, 0.25) is 5.02 Å². The second-order valence-electron chi connectivity index (χ2n) is 7.14. The van der Waals surface area contributed by atoms with Crippen LogP contribution in [0.4, 0.5) is 0 Å². The number of halogens is 1. The summed E-state index contributed by atoms with van der Waals surface area (Å²) in [4.78, 5) is 13.2. The van der Waals surface area contributed by atoms with E-state index in [4.69, 9.17) is 24.2 Å². The Labute approximate surface area is 199 Å². The van der Waals surface area contributed by atoms with Crippen LogP contribution in [0.25, 0.3) is 0 Å². The summed E-state index contributed by atoms with van der Waals surface area (Å²) >= 11 is 11.5. The predicted molar refractivity (Wildman–Crippen MR) is 140 cm³/mol. The third-order valence-corrected chi connectivity index (χ3v) is 10.1. The zero-order chi connectivity index (χ0) is 22.4. The monoisotopic (exact) mass is 473 g/mol. The van der Waals surface area contributed by atoms with Gasteiger partial charge in [-0.1, -0.05) is 66.2 Å². The maximum atomic E-state index is 13.2. The Morgan fingerprint density at radius 2 is 1.09 bits per heavy atom. The molecule has 0 saturated heterocycles. The molecule has 32 heavy (non-hydrogen) atoms. The molecule has 0 unspecified atom stereocenters. The zero-order valence-electron chi connectivity index (χ0n) is 17.2. The van der Waals surface area contributed by atoms with Crippen LogP contribution in [0.5, 0.6) is 0 Å². The molecule has 0 saturated carbocycles. The highest BCUT2D eigenvalue weighted by molar-refractivity contribution is 7.99. The van der Waals surface area contributed by atoms with Crippen molar-refractivity contribution >= 4 is 53.3 Å². The van der Waals surface area contributed by atoms with Gasteiger partial charge in [-0.25, -0.2) is 0 Å². The molecule has 0 bridgehead atoms. The first-order chi connectivity index (χ1) is 15.7. The summed E-state index contributed by atoms with van der Waals surface area (Å²) in [5.74, 6) is -0.218. The molecule has 0 radical (unpaired) electrons. The molecule has 0 atom stereocenters. The van der Waals surface area contributed by atoms with Crippen LogP contribution < -0.4 is 21.2 Å². The third-order valence-electron chi connectivity index (χ3n) is 5.25. The van der Waals surface area contributed by atoms with Gasteiger partial charge < -0.3 is 12.6 Å². The second-order valence-corrected chi connectivity index (χ2v) is 11.2. The number of hydrogen-bond acceptors (Lipinski definition) is 2. The zero-order valence-corrected chi connectivity index (χ0v) is 19.7. The fraction of sp³-hybridized carbons (Fsp3) is 0. The summed E-state index contributed by atoms with van der Waals surface area (Å²) in [6, 6.07) is 37.7. The molecule has 0 aliphatic heterocycles. The van der Waals surface area contributed by atoms with Crippen LogP contribution in [0.15, 0.2) is 126 Å². The maximum absolute atomic E-state index is 13.2. The van der Waals surface area contributed by atoms with Gasteiger partial charge in [-0.2, -0.15) is 5.41 Å². The van der Waals surface area contributed by atoms with E-state index in [1.54, 1.807) is 29.7 Å². The molecule has 2 nitrogen and oxygen atoms in total. The summed E-state index contributed by atoms with van der Waals surface area (Å²) < 4.78 is 0. The lowest BCUT2D eigenvalue weighted by Crippen LogP contribution is -2.38. The average molecular weight is 474 g/mol. The van der Waals surface area contributed by atoms with E-state index >= 15 is 0 Å². The standard InChI is InChI=1S/C27H21ClNOPS/c28-22-18-16-21(17-19-22)27(30)29-26(20-32)31(23-10-4-1-5-11-23,24-12-6-2-7-13-24)25-14-8-3-9-15-25/h1-20H,(H-,29,30,32)/b26-20+. The number of benzene rings is 4. The van der Waals surface area contributed by atoms with Crippen LogP contribution in [0.3, 0.4) is 0 Å². The van der Waals surface area contributed by atoms with Crippen LogP contribution in [0, 0.1) is 0 Å². The highest BCUT2D eigenvalue weighted by Gasteiger charge is 2.49. The SMILES string of the molecule is O=C(N/C(=C\[S-])[P+](c1ccccc1)(c1ccccc1)c1ccccc1)c1ccc(Cl)cc1. The van der Waals surface area contributed by atoms with Gasteiger partial charge in [0.25, 0.3) is 5.91 Å². The highest BCUT2D eigenvalue weighted by Crippen LogP contribution is 2.61. The molecular weight excluding hydrogens is 453 g/mol. The van der Waals surface area contributed by atoms with Gasteiger partial charge in [-0.05, 0) is 60.7 Å². The van der Waals surface area contributed by atoms with Gasteiger partial charge in [0, 0.05) is 10.6 Å². The molecule has 1 amide bonds. The van der Waals surface area contributed by atoms with Crippen LogP contribution in [-0.4, -0.2) is 5.91 Å². The second kappa shape index (κ2) is 10.1. The number of rotatable bonds is 6. The molecule has 5 heteroatoms. The fourth-order valence-electron chi connectivity index (χ4n) is 3.80. The van der Waals surface area contributed by atoms with Gasteiger partial charge in [-0.3, -0.25) is 10.1 Å². The predicted octanol–water partition coefficient (Wildman–Crippen LogP) is 5.41. The van der Waals surface area contributed by atoms with Crippen molar-refractivity contribution in [3.63, 3.8) is 0 Å². The molecule has 4 aromatic rings.